The number of hydrogen-bond acceptors (Lipinski definition) is 1. The van der Waals surface area contributed by atoms with Crippen molar-refractivity contribution in [3.63, 3.8) is 0 Å². The highest BCUT2D eigenvalue weighted by Gasteiger charge is 2.36. The molecule has 1 heteroatoms. The minimum absolute atomic E-state index is 0.549. The van der Waals surface area contributed by atoms with E-state index >= 15 is 0 Å². The number of nitrogens with one attached hydrogen (secondary N) is 1. The smallest absolute Gasteiger partial charge is 0.00234 e. The highest BCUT2D eigenvalue weighted by molar-refractivity contribution is 5.31. The number of hydrogen-bond donors (Lipinski definition) is 1. The van der Waals surface area contributed by atoms with Gasteiger partial charge >= 0.3 is 0 Å². The van der Waals surface area contributed by atoms with E-state index in [-0.39, 0.29) is 0 Å². The summed E-state index contributed by atoms with van der Waals surface area (Å²) in [5.74, 6) is 0. The SMILES string of the molecule is CCCC1(Cc2cc(C)ccc2C)CNC1. The lowest BCUT2D eigenvalue weighted by Gasteiger charge is -2.43. The van der Waals surface area contributed by atoms with Gasteiger partial charge in [-0.2, -0.15) is 0 Å². The van der Waals surface area contributed by atoms with E-state index in [1.54, 1.807) is 5.56 Å². The molecule has 0 atom stereocenters. The summed E-state index contributed by atoms with van der Waals surface area (Å²) in [5, 5.41) is 3.44. The zero-order valence-electron chi connectivity index (χ0n) is 10.8. The highest BCUT2D eigenvalue weighted by atomic mass is 15.0. The van der Waals surface area contributed by atoms with Crippen molar-refractivity contribution in [3.8, 4) is 0 Å². The molecule has 1 nitrogen and oxygen atoms in total. The van der Waals surface area contributed by atoms with Gasteiger partial charge < -0.3 is 5.32 Å². The molecular weight excluding hydrogens is 194 g/mol. The number of rotatable bonds is 4. The van der Waals surface area contributed by atoms with Crippen molar-refractivity contribution in [2.24, 2.45) is 5.41 Å². The molecule has 1 N–H and O–H groups in total. The molecule has 0 radical (unpaired) electrons. The first-order chi connectivity index (χ1) is 7.65. The van der Waals surface area contributed by atoms with Crippen LogP contribution in [-0.2, 0) is 6.42 Å². The lowest BCUT2D eigenvalue weighted by Crippen LogP contribution is -2.54. The summed E-state index contributed by atoms with van der Waals surface area (Å²) < 4.78 is 0. The molecule has 1 heterocycles. The Bertz CT molecular complexity index is 364. The third-order valence-electron chi connectivity index (χ3n) is 3.85. The molecule has 1 aliphatic rings. The molecule has 0 unspecified atom stereocenters. The molecule has 2 rings (SSSR count). The maximum Gasteiger partial charge on any atom is 0.00234 e. The van der Waals surface area contributed by atoms with Crippen LogP contribution in [-0.4, -0.2) is 13.1 Å². The first kappa shape index (κ1) is 11.7. The zero-order valence-corrected chi connectivity index (χ0v) is 10.8. The second kappa shape index (κ2) is 4.58. The molecule has 0 aromatic heterocycles. The fourth-order valence-electron chi connectivity index (χ4n) is 2.79. The van der Waals surface area contributed by atoms with Gasteiger partial charge in [0.1, 0.15) is 0 Å². The van der Waals surface area contributed by atoms with Gasteiger partial charge in [0.05, 0.1) is 0 Å². The monoisotopic (exact) mass is 217 g/mol. The minimum atomic E-state index is 0.549. The predicted octanol–water partition coefficient (Wildman–Crippen LogP) is 3.24. The molecule has 1 saturated heterocycles. The van der Waals surface area contributed by atoms with Crippen LogP contribution in [0.1, 0.15) is 36.5 Å². The highest BCUT2D eigenvalue weighted by Crippen LogP contribution is 2.33. The molecule has 1 aliphatic heterocycles. The van der Waals surface area contributed by atoms with Gasteiger partial charge in [-0.1, -0.05) is 37.1 Å². The lowest BCUT2D eigenvalue weighted by atomic mass is 9.72. The van der Waals surface area contributed by atoms with E-state index in [9.17, 15) is 0 Å². The van der Waals surface area contributed by atoms with Crippen LogP contribution in [0.5, 0.6) is 0 Å². The lowest BCUT2D eigenvalue weighted by molar-refractivity contribution is 0.150. The second-order valence-corrected chi connectivity index (χ2v) is 5.46. The van der Waals surface area contributed by atoms with Gasteiger partial charge in [0.2, 0.25) is 0 Å². The van der Waals surface area contributed by atoms with Gasteiger partial charge in [0.25, 0.3) is 0 Å². The third-order valence-corrected chi connectivity index (χ3v) is 3.85. The first-order valence-electron chi connectivity index (χ1n) is 6.42. The van der Waals surface area contributed by atoms with Crippen LogP contribution < -0.4 is 5.32 Å². The Morgan fingerprint density at radius 1 is 1.25 bits per heavy atom. The van der Waals surface area contributed by atoms with Crippen LogP contribution >= 0.6 is 0 Å². The molecule has 0 saturated carbocycles. The minimum Gasteiger partial charge on any atom is -0.316 e. The number of benzene rings is 1. The molecule has 1 fully saturated rings. The molecule has 0 aliphatic carbocycles. The second-order valence-electron chi connectivity index (χ2n) is 5.46. The summed E-state index contributed by atoms with van der Waals surface area (Å²) in [6.45, 7) is 9.13. The van der Waals surface area contributed by atoms with E-state index in [4.69, 9.17) is 0 Å². The van der Waals surface area contributed by atoms with Crippen molar-refractivity contribution in [1.29, 1.82) is 0 Å². The summed E-state index contributed by atoms with van der Waals surface area (Å²) in [6.07, 6.45) is 3.90. The van der Waals surface area contributed by atoms with E-state index < -0.39 is 0 Å². The third kappa shape index (κ3) is 2.30. The molecule has 1 aromatic carbocycles. The van der Waals surface area contributed by atoms with Gasteiger partial charge in [-0.25, -0.2) is 0 Å². The summed E-state index contributed by atoms with van der Waals surface area (Å²) in [7, 11) is 0. The van der Waals surface area contributed by atoms with Gasteiger partial charge in [-0.15, -0.1) is 0 Å². The Balaban J connectivity index is 2.15. The fraction of sp³-hybridized carbons (Fsp3) is 0.600. The molecule has 0 amide bonds. The van der Waals surface area contributed by atoms with E-state index in [1.165, 1.54) is 43.5 Å². The van der Waals surface area contributed by atoms with E-state index in [2.05, 4.69) is 44.3 Å². The van der Waals surface area contributed by atoms with Crippen molar-refractivity contribution in [2.75, 3.05) is 13.1 Å². The van der Waals surface area contributed by atoms with E-state index in [0.29, 0.717) is 5.41 Å². The van der Waals surface area contributed by atoms with Crippen LogP contribution in [0.15, 0.2) is 18.2 Å². The van der Waals surface area contributed by atoms with Gasteiger partial charge in [0.15, 0.2) is 0 Å². The van der Waals surface area contributed by atoms with Crippen molar-refractivity contribution in [2.45, 2.75) is 40.0 Å². The van der Waals surface area contributed by atoms with Gasteiger partial charge in [0, 0.05) is 13.1 Å². The topological polar surface area (TPSA) is 12.0 Å². The Hall–Kier alpha value is -0.820. The molecule has 0 bridgehead atoms. The van der Waals surface area contributed by atoms with Gasteiger partial charge in [-0.05, 0) is 43.2 Å². The van der Waals surface area contributed by atoms with Crippen molar-refractivity contribution < 1.29 is 0 Å². The largest absolute Gasteiger partial charge is 0.316 e. The average molecular weight is 217 g/mol. The zero-order chi connectivity index (χ0) is 11.6. The standard InChI is InChI=1S/C15H23N/c1-4-7-15(10-16-11-15)9-14-8-12(2)5-6-13(14)3/h5-6,8,16H,4,7,9-11H2,1-3H3. The average Bonchev–Trinajstić information content (AvgIpc) is 2.20. The first-order valence-corrected chi connectivity index (χ1v) is 6.42. The fourth-order valence-corrected chi connectivity index (χ4v) is 2.79. The van der Waals surface area contributed by atoms with Crippen molar-refractivity contribution in [1.82, 2.24) is 5.32 Å². The maximum absolute atomic E-state index is 3.44. The summed E-state index contributed by atoms with van der Waals surface area (Å²) in [5.41, 5.74) is 4.94. The summed E-state index contributed by atoms with van der Waals surface area (Å²) >= 11 is 0. The van der Waals surface area contributed by atoms with Crippen LogP contribution in [0, 0.1) is 19.3 Å². The van der Waals surface area contributed by atoms with Crippen LogP contribution in [0.4, 0.5) is 0 Å². The van der Waals surface area contributed by atoms with Crippen LogP contribution in [0.3, 0.4) is 0 Å². The Morgan fingerprint density at radius 2 is 2.00 bits per heavy atom. The maximum atomic E-state index is 3.44. The van der Waals surface area contributed by atoms with Gasteiger partial charge in [-0.3, -0.25) is 0 Å². The molecule has 0 spiro atoms. The quantitative estimate of drug-likeness (QED) is 0.816. The van der Waals surface area contributed by atoms with Crippen LogP contribution in [0.25, 0.3) is 0 Å². The normalized spacial score (nSPS) is 18.2. The van der Waals surface area contributed by atoms with Crippen molar-refractivity contribution >= 4 is 0 Å². The Labute approximate surface area is 99.3 Å². The Morgan fingerprint density at radius 3 is 2.56 bits per heavy atom. The molecule has 88 valence electrons. The molecular formula is C15H23N. The van der Waals surface area contributed by atoms with E-state index in [0.717, 1.165) is 0 Å². The predicted molar refractivity (Wildman–Crippen MR) is 69.8 cm³/mol. The summed E-state index contributed by atoms with van der Waals surface area (Å²) in [6, 6.07) is 6.84. The molecule has 1 aromatic rings. The number of aryl methyl sites for hydroxylation is 2. The molecule has 16 heavy (non-hydrogen) atoms. The summed E-state index contributed by atoms with van der Waals surface area (Å²) in [4.78, 5) is 0. The Kier molecular flexibility index (Phi) is 3.34. The van der Waals surface area contributed by atoms with Crippen molar-refractivity contribution in [3.05, 3.63) is 34.9 Å². The van der Waals surface area contributed by atoms with E-state index in [1.807, 2.05) is 0 Å². The van der Waals surface area contributed by atoms with Crippen LogP contribution in [0.2, 0.25) is 0 Å².